The number of hydrogen-bond acceptors (Lipinski definition) is 2. The van der Waals surface area contributed by atoms with E-state index in [2.05, 4.69) is 4.90 Å². The summed E-state index contributed by atoms with van der Waals surface area (Å²) in [7, 11) is 0. The molecule has 0 bridgehead atoms. The monoisotopic (exact) mass is 251 g/mol. The molecule has 0 radical (unpaired) electrons. The van der Waals surface area contributed by atoms with Crippen molar-refractivity contribution >= 4 is 0 Å². The fourth-order valence-electron chi connectivity index (χ4n) is 4.79. The van der Waals surface area contributed by atoms with Gasteiger partial charge in [0.1, 0.15) is 0 Å². The summed E-state index contributed by atoms with van der Waals surface area (Å²) in [5.74, 6) is 2.01. The Morgan fingerprint density at radius 1 is 0.944 bits per heavy atom. The Bertz CT molecular complexity index is 272. The average Bonchev–Trinajstić information content (AvgIpc) is 2.88. The van der Waals surface area contributed by atoms with E-state index in [1.165, 1.54) is 77.4 Å². The molecule has 2 atom stereocenters. The molecule has 2 aliphatic carbocycles. The number of aliphatic hydroxyl groups is 1. The van der Waals surface area contributed by atoms with Crippen molar-refractivity contribution in [2.75, 3.05) is 26.2 Å². The van der Waals surface area contributed by atoms with Crippen LogP contribution in [0.5, 0.6) is 0 Å². The maximum absolute atomic E-state index is 9.75. The van der Waals surface area contributed by atoms with Crippen LogP contribution in [0.15, 0.2) is 0 Å². The molecule has 104 valence electrons. The van der Waals surface area contributed by atoms with E-state index in [1.54, 1.807) is 0 Å². The lowest BCUT2D eigenvalue weighted by Gasteiger charge is -2.44. The van der Waals surface area contributed by atoms with Gasteiger partial charge in [-0.25, -0.2) is 0 Å². The zero-order valence-corrected chi connectivity index (χ0v) is 11.7. The van der Waals surface area contributed by atoms with Gasteiger partial charge in [0.05, 0.1) is 0 Å². The van der Waals surface area contributed by atoms with E-state index in [1.807, 2.05) is 0 Å². The molecule has 2 nitrogen and oxygen atoms in total. The predicted molar refractivity (Wildman–Crippen MR) is 74.5 cm³/mol. The summed E-state index contributed by atoms with van der Waals surface area (Å²) in [6.07, 6.45) is 12.5. The van der Waals surface area contributed by atoms with Crippen molar-refractivity contribution in [2.45, 2.75) is 57.8 Å². The van der Waals surface area contributed by atoms with Gasteiger partial charge in [0.25, 0.3) is 0 Å². The summed E-state index contributed by atoms with van der Waals surface area (Å²) < 4.78 is 0. The third-order valence-electron chi connectivity index (χ3n) is 5.93. The van der Waals surface area contributed by atoms with Crippen molar-refractivity contribution in [2.24, 2.45) is 17.3 Å². The molecule has 1 aliphatic heterocycles. The highest BCUT2D eigenvalue weighted by Gasteiger charge is 2.38. The molecule has 3 aliphatic rings. The van der Waals surface area contributed by atoms with Crippen molar-refractivity contribution in [3.05, 3.63) is 0 Å². The maximum atomic E-state index is 9.75. The van der Waals surface area contributed by atoms with Gasteiger partial charge in [0.15, 0.2) is 0 Å². The topological polar surface area (TPSA) is 23.5 Å². The second-order valence-electron chi connectivity index (χ2n) is 7.19. The molecular weight excluding hydrogens is 222 g/mol. The number of nitrogens with zero attached hydrogens (tertiary/aromatic N) is 1. The molecule has 0 aromatic heterocycles. The van der Waals surface area contributed by atoms with Crippen LogP contribution in [0.3, 0.4) is 0 Å². The summed E-state index contributed by atoms with van der Waals surface area (Å²) >= 11 is 0. The molecule has 0 aromatic carbocycles. The van der Waals surface area contributed by atoms with Crippen LogP contribution < -0.4 is 0 Å². The minimum absolute atomic E-state index is 0.265. The molecule has 3 rings (SSSR count). The molecule has 1 heterocycles. The van der Waals surface area contributed by atoms with Gasteiger partial charge in [-0.2, -0.15) is 0 Å². The van der Waals surface area contributed by atoms with Crippen molar-refractivity contribution < 1.29 is 5.11 Å². The van der Waals surface area contributed by atoms with Crippen molar-refractivity contribution in [3.63, 3.8) is 0 Å². The number of piperidine rings is 1. The summed E-state index contributed by atoms with van der Waals surface area (Å²) in [5.41, 5.74) is 0.265. The fraction of sp³-hybridized carbons (Fsp3) is 1.00. The van der Waals surface area contributed by atoms with Crippen LogP contribution in [-0.4, -0.2) is 36.2 Å². The Labute approximate surface area is 112 Å². The van der Waals surface area contributed by atoms with Gasteiger partial charge >= 0.3 is 0 Å². The number of likely N-dealkylation sites (tertiary alicyclic amines) is 1. The van der Waals surface area contributed by atoms with Crippen LogP contribution in [0, 0.1) is 17.3 Å². The Balaban J connectivity index is 1.57. The minimum Gasteiger partial charge on any atom is -0.396 e. The summed E-state index contributed by atoms with van der Waals surface area (Å²) in [4.78, 5) is 2.69. The zero-order valence-electron chi connectivity index (χ0n) is 11.7. The molecule has 3 fully saturated rings. The lowest BCUT2D eigenvalue weighted by atomic mass is 9.74. The van der Waals surface area contributed by atoms with E-state index in [-0.39, 0.29) is 5.41 Å². The molecule has 0 aromatic rings. The third kappa shape index (κ3) is 2.60. The van der Waals surface area contributed by atoms with Gasteiger partial charge in [-0.1, -0.05) is 32.1 Å². The first-order valence-corrected chi connectivity index (χ1v) is 8.15. The highest BCUT2D eigenvalue weighted by molar-refractivity contribution is 4.90. The van der Waals surface area contributed by atoms with Crippen LogP contribution in [0.25, 0.3) is 0 Å². The Kier molecular flexibility index (Phi) is 3.95. The second-order valence-corrected chi connectivity index (χ2v) is 7.19. The van der Waals surface area contributed by atoms with Crippen LogP contribution >= 0.6 is 0 Å². The standard InChI is InChI=1S/C16H29NO/c18-13-16(8-3-4-9-16)12-17-10-7-14-5-1-2-6-15(14)11-17/h14-15,18H,1-13H2. The normalized spacial score (nSPS) is 36.5. The SMILES string of the molecule is OCC1(CN2CCC3CCCCC3C2)CCCC1. The Morgan fingerprint density at radius 2 is 1.67 bits per heavy atom. The number of rotatable bonds is 3. The molecule has 1 N–H and O–H groups in total. The van der Waals surface area contributed by atoms with Crippen molar-refractivity contribution in [1.29, 1.82) is 0 Å². The first-order valence-electron chi connectivity index (χ1n) is 8.15. The quantitative estimate of drug-likeness (QED) is 0.833. The van der Waals surface area contributed by atoms with Crippen LogP contribution in [-0.2, 0) is 0 Å². The predicted octanol–water partition coefficient (Wildman–Crippen LogP) is 3.05. The fourth-order valence-corrected chi connectivity index (χ4v) is 4.79. The first kappa shape index (κ1) is 12.9. The molecule has 2 unspecified atom stereocenters. The highest BCUT2D eigenvalue weighted by atomic mass is 16.3. The van der Waals surface area contributed by atoms with E-state index in [9.17, 15) is 5.11 Å². The van der Waals surface area contributed by atoms with E-state index in [4.69, 9.17) is 0 Å². The lowest BCUT2D eigenvalue weighted by molar-refractivity contribution is 0.0286. The van der Waals surface area contributed by atoms with E-state index < -0.39 is 0 Å². The molecule has 1 saturated heterocycles. The average molecular weight is 251 g/mol. The third-order valence-corrected chi connectivity index (χ3v) is 5.93. The second kappa shape index (κ2) is 5.50. The van der Waals surface area contributed by atoms with Gasteiger partial charge in [-0.3, -0.25) is 0 Å². The first-order chi connectivity index (χ1) is 8.81. The molecule has 2 heteroatoms. The van der Waals surface area contributed by atoms with Gasteiger partial charge < -0.3 is 10.0 Å². The van der Waals surface area contributed by atoms with Gasteiger partial charge in [0.2, 0.25) is 0 Å². The minimum atomic E-state index is 0.265. The van der Waals surface area contributed by atoms with Gasteiger partial charge in [-0.15, -0.1) is 0 Å². The lowest BCUT2D eigenvalue weighted by Crippen LogP contribution is -2.47. The largest absolute Gasteiger partial charge is 0.396 e. The number of aliphatic hydroxyl groups excluding tert-OH is 1. The molecular formula is C16H29NO. The molecule has 18 heavy (non-hydrogen) atoms. The van der Waals surface area contributed by atoms with E-state index in [0.29, 0.717) is 6.61 Å². The number of hydrogen-bond donors (Lipinski definition) is 1. The Morgan fingerprint density at radius 3 is 2.39 bits per heavy atom. The summed E-state index contributed by atoms with van der Waals surface area (Å²) in [6.45, 7) is 4.21. The molecule has 0 spiro atoms. The van der Waals surface area contributed by atoms with Crippen LogP contribution in [0.4, 0.5) is 0 Å². The smallest absolute Gasteiger partial charge is 0.0499 e. The Hall–Kier alpha value is -0.0800. The molecule has 0 amide bonds. The van der Waals surface area contributed by atoms with Crippen LogP contribution in [0.2, 0.25) is 0 Å². The van der Waals surface area contributed by atoms with Gasteiger partial charge in [-0.05, 0) is 44.1 Å². The van der Waals surface area contributed by atoms with E-state index in [0.717, 1.165) is 11.8 Å². The number of fused-ring (bicyclic) bond motifs is 1. The molecule has 2 saturated carbocycles. The van der Waals surface area contributed by atoms with Gasteiger partial charge in [0, 0.05) is 25.1 Å². The van der Waals surface area contributed by atoms with Crippen molar-refractivity contribution in [3.8, 4) is 0 Å². The summed E-state index contributed by atoms with van der Waals surface area (Å²) in [5, 5.41) is 9.75. The van der Waals surface area contributed by atoms with Crippen LogP contribution in [0.1, 0.15) is 57.8 Å². The highest BCUT2D eigenvalue weighted by Crippen LogP contribution is 2.41. The maximum Gasteiger partial charge on any atom is 0.0499 e. The zero-order chi connectivity index (χ0) is 12.4. The summed E-state index contributed by atoms with van der Waals surface area (Å²) in [6, 6.07) is 0. The van der Waals surface area contributed by atoms with Crippen molar-refractivity contribution in [1.82, 2.24) is 4.90 Å². The van der Waals surface area contributed by atoms with E-state index >= 15 is 0 Å².